The van der Waals surface area contributed by atoms with Crippen LogP contribution in [0, 0.1) is 0 Å². The number of pyridine rings is 1. The van der Waals surface area contributed by atoms with Gasteiger partial charge in [-0.2, -0.15) is 0 Å². The third-order valence-electron chi connectivity index (χ3n) is 5.25. The summed E-state index contributed by atoms with van der Waals surface area (Å²) in [6.45, 7) is 4.10. The van der Waals surface area contributed by atoms with Crippen LogP contribution in [0.5, 0.6) is 0 Å². The molecule has 0 amide bonds. The number of nitrogens with zero attached hydrogens (tertiary/aromatic N) is 2. The molecule has 2 unspecified atom stereocenters. The van der Waals surface area contributed by atoms with Crippen molar-refractivity contribution in [2.75, 3.05) is 19.7 Å². The summed E-state index contributed by atoms with van der Waals surface area (Å²) in [5, 5.41) is 0. The Balaban J connectivity index is 1.43. The van der Waals surface area contributed by atoms with E-state index in [0.29, 0.717) is 5.92 Å². The second-order valence-electron chi connectivity index (χ2n) is 6.98. The van der Waals surface area contributed by atoms with Crippen LogP contribution in [0.2, 0.25) is 0 Å². The van der Waals surface area contributed by atoms with E-state index in [4.69, 9.17) is 4.74 Å². The van der Waals surface area contributed by atoms with Gasteiger partial charge in [0.25, 0.3) is 0 Å². The molecule has 3 heterocycles. The maximum atomic E-state index is 6.36. The highest BCUT2D eigenvalue weighted by molar-refractivity contribution is 5.22. The Labute approximate surface area is 138 Å². The minimum Gasteiger partial charge on any atom is -0.373 e. The van der Waals surface area contributed by atoms with Crippen LogP contribution in [0.3, 0.4) is 0 Å². The zero-order chi connectivity index (χ0) is 15.5. The first-order valence-electron chi connectivity index (χ1n) is 8.63. The van der Waals surface area contributed by atoms with Crippen LogP contribution in [-0.4, -0.2) is 35.2 Å². The fourth-order valence-corrected chi connectivity index (χ4v) is 4.14. The number of piperidine rings is 1. The predicted octanol–water partition coefficient (Wildman–Crippen LogP) is 3.62. The average Bonchev–Trinajstić information content (AvgIpc) is 3.00. The van der Waals surface area contributed by atoms with Gasteiger partial charge in [0.2, 0.25) is 0 Å². The number of benzene rings is 1. The maximum absolute atomic E-state index is 6.36. The molecule has 2 saturated heterocycles. The summed E-state index contributed by atoms with van der Waals surface area (Å²) in [4.78, 5) is 6.66. The van der Waals surface area contributed by atoms with Crippen LogP contribution in [0.4, 0.5) is 0 Å². The van der Waals surface area contributed by atoms with Gasteiger partial charge in [-0.05, 0) is 49.1 Å². The smallest absolute Gasteiger partial charge is 0.0816 e. The predicted molar refractivity (Wildman–Crippen MR) is 91.2 cm³/mol. The second-order valence-corrected chi connectivity index (χ2v) is 6.98. The van der Waals surface area contributed by atoms with Crippen molar-refractivity contribution in [2.24, 2.45) is 0 Å². The van der Waals surface area contributed by atoms with Crippen LogP contribution < -0.4 is 0 Å². The third-order valence-corrected chi connectivity index (χ3v) is 5.25. The molecule has 0 saturated carbocycles. The molecule has 0 bridgehead atoms. The van der Waals surface area contributed by atoms with E-state index in [1.165, 1.54) is 30.5 Å². The van der Waals surface area contributed by atoms with Crippen LogP contribution in [0.25, 0.3) is 0 Å². The molecule has 3 nitrogen and oxygen atoms in total. The summed E-state index contributed by atoms with van der Waals surface area (Å²) in [5.74, 6) is 0.553. The molecule has 120 valence electrons. The summed E-state index contributed by atoms with van der Waals surface area (Å²) >= 11 is 0. The molecule has 0 N–H and O–H groups in total. The van der Waals surface area contributed by atoms with Crippen molar-refractivity contribution < 1.29 is 4.74 Å². The Hall–Kier alpha value is -1.71. The lowest BCUT2D eigenvalue weighted by Gasteiger charge is -2.40. The molecule has 1 spiro atoms. The standard InChI is InChI=1S/C20H24N2O/c1-2-5-18(6-3-1)19-13-20(23-15-19)9-4-12-22(16-20)14-17-7-10-21-11-8-17/h1-3,5-8,10-11,19H,4,9,12-16H2. The first kappa shape index (κ1) is 14.9. The summed E-state index contributed by atoms with van der Waals surface area (Å²) in [6, 6.07) is 15.1. The van der Waals surface area contributed by atoms with Crippen molar-refractivity contribution in [1.82, 2.24) is 9.88 Å². The molecular formula is C20H24N2O. The minimum atomic E-state index is 0.0613. The minimum absolute atomic E-state index is 0.0613. The summed E-state index contributed by atoms with van der Waals surface area (Å²) in [7, 11) is 0. The Morgan fingerprint density at radius 2 is 1.96 bits per heavy atom. The fourth-order valence-electron chi connectivity index (χ4n) is 4.14. The third kappa shape index (κ3) is 3.31. The van der Waals surface area contributed by atoms with Crippen LogP contribution in [-0.2, 0) is 11.3 Å². The van der Waals surface area contributed by atoms with Gasteiger partial charge in [-0.1, -0.05) is 30.3 Å². The summed E-state index contributed by atoms with van der Waals surface area (Å²) in [6.07, 6.45) is 7.35. The Bertz CT molecular complexity index is 631. The summed E-state index contributed by atoms with van der Waals surface area (Å²) < 4.78 is 6.36. The molecule has 4 rings (SSSR count). The Morgan fingerprint density at radius 1 is 1.13 bits per heavy atom. The molecule has 3 heteroatoms. The zero-order valence-electron chi connectivity index (χ0n) is 13.5. The number of aromatic nitrogens is 1. The normalized spacial score (nSPS) is 28.3. The number of hydrogen-bond acceptors (Lipinski definition) is 3. The molecule has 2 aliphatic heterocycles. The average molecular weight is 308 g/mol. The van der Waals surface area contributed by atoms with E-state index in [1.807, 2.05) is 12.4 Å². The van der Waals surface area contributed by atoms with Gasteiger partial charge in [-0.3, -0.25) is 9.88 Å². The molecule has 2 aliphatic rings. The number of rotatable bonds is 3. The number of ether oxygens (including phenoxy) is 1. The van der Waals surface area contributed by atoms with Gasteiger partial charge in [-0.25, -0.2) is 0 Å². The maximum Gasteiger partial charge on any atom is 0.0816 e. The Kier molecular flexibility index (Phi) is 4.15. The molecule has 2 atom stereocenters. The van der Waals surface area contributed by atoms with Gasteiger partial charge in [0, 0.05) is 31.4 Å². The van der Waals surface area contributed by atoms with E-state index in [2.05, 4.69) is 52.3 Å². The molecule has 23 heavy (non-hydrogen) atoms. The van der Waals surface area contributed by atoms with Gasteiger partial charge in [0.05, 0.1) is 12.2 Å². The monoisotopic (exact) mass is 308 g/mol. The molecule has 1 aromatic carbocycles. The second kappa shape index (κ2) is 6.42. The lowest BCUT2D eigenvalue weighted by molar-refractivity contribution is -0.0533. The van der Waals surface area contributed by atoms with E-state index >= 15 is 0 Å². The SMILES string of the molecule is c1ccc(C2COC3(CCCN(Cc4ccncc4)C3)C2)cc1. The number of hydrogen-bond donors (Lipinski definition) is 0. The van der Waals surface area contributed by atoms with Crippen LogP contribution in [0.1, 0.15) is 36.3 Å². The van der Waals surface area contributed by atoms with Gasteiger partial charge < -0.3 is 4.74 Å². The lowest BCUT2D eigenvalue weighted by Crippen LogP contribution is -2.47. The summed E-state index contributed by atoms with van der Waals surface area (Å²) in [5.41, 5.74) is 2.83. The molecule has 2 aromatic rings. The molecule has 1 aromatic heterocycles. The Morgan fingerprint density at radius 3 is 2.78 bits per heavy atom. The van der Waals surface area contributed by atoms with Crippen molar-refractivity contribution >= 4 is 0 Å². The van der Waals surface area contributed by atoms with Gasteiger partial charge >= 0.3 is 0 Å². The highest BCUT2D eigenvalue weighted by atomic mass is 16.5. The van der Waals surface area contributed by atoms with E-state index in [-0.39, 0.29) is 5.60 Å². The van der Waals surface area contributed by atoms with Gasteiger partial charge in [0.1, 0.15) is 0 Å². The van der Waals surface area contributed by atoms with Crippen molar-refractivity contribution in [1.29, 1.82) is 0 Å². The molecule has 2 fully saturated rings. The molecule has 0 aliphatic carbocycles. The zero-order valence-corrected chi connectivity index (χ0v) is 13.5. The van der Waals surface area contributed by atoms with Gasteiger partial charge in [-0.15, -0.1) is 0 Å². The number of likely N-dealkylation sites (tertiary alicyclic amines) is 1. The van der Waals surface area contributed by atoms with Crippen LogP contribution in [0.15, 0.2) is 54.9 Å². The topological polar surface area (TPSA) is 25.4 Å². The van der Waals surface area contributed by atoms with Crippen molar-refractivity contribution in [2.45, 2.75) is 37.3 Å². The van der Waals surface area contributed by atoms with Gasteiger partial charge in [0.15, 0.2) is 0 Å². The van der Waals surface area contributed by atoms with Crippen molar-refractivity contribution in [3.8, 4) is 0 Å². The molecular weight excluding hydrogens is 284 g/mol. The van der Waals surface area contributed by atoms with Crippen molar-refractivity contribution in [3.63, 3.8) is 0 Å². The largest absolute Gasteiger partial charge is 0.373 e. The first-order valence-corrected chi connectivity index (χ1v) is 8.63. The van der Waals surface area contributed by atoms with E-state index in [9.17, 15) is 0 Å². The quantitative estimate of drug-likeness (QED) is 0.866. The van der Waals surface area contributed by atoms with E-state index in [1.54, 1.807) is 0 Å². The highest BCUT2D eigenvalue weighted by Crippen LogP contribution is 2.41. The molecule has 0 radical (unpaired) electrons. The van der Waals surface area contributed by atoms with Crippen LogP contribution >= 0.6 is 0 Å². The highest BCUT2D eigenvalue weighted by Gasteiger charge is 2.43. The lowest BCUT2D eigenvalue weighted by atomic mass is 9.84. The first-order chi connectivity index (χ1) is 11.3. The van der Waals surface area contributed by atoms with E-state index < -0.39 is 0 Å². The van der Waals surface area contributed by atoms with E-state index in [0.717, 1.165) is 26.1 Å². The van der Waals surface area contributed by atoms with Crippen molar-refractivity contribution in [3.05, 3.63) is 66.0 Å². The fraction of sp³-hybridized carbons (Fsp3) is 0.450.